The second kappa shape index (κ2) is 8.70. The predicted octanol–water partition coefficient (Wildman–Crippen LogP) is 4.09. The van der Waals surface area contributed by atoms with Crippen molar-refractivity contribution in [1.29, 1.82) is 0 Å². The van der Waals surface area contributed by atoms with E-state index in [9.17, 15) is 4.79 Å². The Bertz CT molecular complexity index is 730. The van der Waals surface area contributed by atoms with Crippen molar-refractivity contribution in [3.8, 4) is 0 Å². The van der Waals surface area contributed by atoms with Gasteiger partial charge in [0.1, 0.15) is 0 Å². The molecule has 4 heteroatoms. The summed E-state index contributed by atoms with van der Waals surface area (Å²) in [4.78, 5) is 15.1. The van der Waals surface area contributed by atoms with Gasteiger partial charge in [0.25, 0.3) is 5.91 Å². The van der Waals surface area contributed by atoms with Crippen LogP contribution < -0.4 is 5.73 Å². The Hall–Kier alpha value is -1.84. The van der Waals surface area contributed by atoms with Crippen LogP contribution in [0.25, 0.3) is 0 Å². The summed E-state index contributed by atoms with van der Waals surface area (Å²) >= 11 is 0. The molecule has 2 aromatic rings. The van der Waals surface area contributed by atoms with Crippen LogP contribution in [0.3, 0.4) is 0 Å². The lowest BCUT2D eigenvalue weighted by atomic mass is 9.79. The van der Waals surface area contributed by atoms with Crippen LogP contribution >= 0.6 is 12.4 Å². The Balaban J connectivity index is 0.00000243. The van der Waals surface area contributed by atoms with Crippen LogP contribution in [0, 0.1) is 5.41 Å². The number of aryl methyl sites for hydroxylation is 2. The smallest absolute Gasteiger partial charge is 0.254 e. The molecule has 3 rings (SSSR count). The van der Waals surface area contributed by atoms with E-state index in [0.29, 0.717) is 0 Å². The van der Waals surface area contributed by atoms with Gasteiger partial charge in [0.15, 0.2) is 0 Å². The van der Waals surface area contributed by atoms with Crippen LogP contribution in [0.15, 0.2) is 54.6 Å². The van der Waals surface area contributed by atoms with Gasteiger partial charge in [-0.25, -0.2) is 0 Å². The minimum absolute atomic E-state index is 0. The fourth-order valence-corrected chi connectivity index (χ4v) is 3.59. The van der Waals surface area contributed by atoms with Crippen molar-refractivity contribution in [2.45, 2.75) is 39.2 Å². The summed E-state index contributed by atoms with van der Waals surface area (Å²) in [6.45, 7) is 5.77. The zero-order valence-corrected chi connectivity index (χ0v) is 16.5. The molecule has 0 spiro atoms. The third kappa shape index (κ3) is 4.66. The molecular weight excluding hydrogens is 344 g/mol. The number of piperidine rings is 1. The highest BCUT2D eigenvalue weighted by Crippen LogP contribution is 2.29. The van der Waals surface area contributed by atoms with E-state index >= 15 is 0 Å². The summed E-state index contributed by atoms with van der Waals surface area (Å²) in [6, 6.07) is 18.6. The summed E-state index contributed by atoms with van der Waals surface area (Å²) in [5.74, 6) is 0.142. The molecule has 0 saturated carbocycles. The number of benzene rings is 2. The third-order valence-electron chi connectivity index (χ3n) is 5.37. The molecule has 0 aliphatic carbocycles. The van der Waals surface area contributed by atoms with Crippen molar-refractivity contribution in [2.75, 3.05) is 13.1 Å². The summed E-state index contributed by atoms with van der Waals surface area (Å²) in [5.41, 5.74) is 9.45. The number of hydrogen-bond acceptors (Lipinski definition) is 2. The Morgan fingerprint density at radius 3 is 2.42 bits per heavy atom. The van der Waals surface area contributed by atoms with Crippen LogP contribution in [0.5, 0.6) is 0 Å². The number of carbonyl (C=O) groups excluding carboxylic acids is 1. The van der Waals surface area contributed by atoms with Gasteiger partial charge in [0, 0.05) is 24.7 Å². The Kier molecular flexibility index (Phi) is 6.85. The SMILES string of the molecule is CC1(C)CN(C(=O)c2ccccc2CCc2ccccc2)CCC1N.Cl. The highest BCUT2D eigenvalue weighted by Gasteiger charge is 2.35. The summed E-state index contributed by atoms with van der Waals surface area (Å²) in [5, 5.41) is 0. The number of halogens is 1. The molecule has 0 aromatic heterocycles. The van der Waals surface area contributed by atoms with Crippen molar-refractivity contribution in [1.82, 2.24) is 4.90 Å². The van der Waals surface area contributed by atoms with Gasteiger partial charge in [-0.05, 0) is 41.9 Å². The zero-order valence-electron chi connectivity index (χ0n) is 15.7. The first kappa shape index (κ1) is 20.5. The fraction of sp³-hybridized carbons (Fsp3) is 0.409. The number of hydrogen-bond donors (Lipinski definition) is 1. The minimum Gasteiger partial charge on any atom is -0.338 e. The first-order valence-electron chi connectivity index (χ1n) is 9.14. The quantitative estimate of drug-likeness (QED) is 0.878. The van der Waals surface area contributed by atoms with E-state index in [-0.39, 0.29) is 29.8 Å². The molecule has 1 aliphatic rings. The van der Waals surface area contributed by atoms with Gasteiger partial charge in [-0.15, -0.1) is 12.4 Å². The molecule has 1 heterocycles. The van der Waals surface area contributed by atoms with Crippen LogP contribution in [-0.4, -0.2) is 29.9 Å². The largest absolute Gasteiger partial charge is 0.338 e. The first-order chi connectivity index (χ1) is 12.0. The lowest BCUT2D eigenvalue weighted by Crippen LogP contribution is -2.54. The first-order valence-corrected chi connectivity index (χ1v) is 9.14. The van der Waals surface area contributed by atoms with Gasteiger partial charge in [-0.3, -0.25) is 4.79 Å². The Morgan fingerprint density at radius 1 is 1.08 bits per heavy atom. The summed E-state index contributed by atoms with van der Waals surface area (Å²) in [7, 11) is 0. The van der Waals surface area contributed by atoms with E-state index in [1.165, 1.54) is 5.56 Å². The number of carbonyl (C=O) groups is 1. The maximum Gasteiger partial charge on any atom is 0.254 e. The van der Waals surface area contributed by atoms with Crippen molar-refractivity contribution in [3.05, 3.63) is 71.3 Å². The topological polar surface area (TPSA) is 46.3 Å². The van der Waals surface area contributed by atoms with E-state index in [1.54, 1.807) is 0 Å². The van der Waals surface area contributed by atoms with Crippen molar-refractivity contribution in [3.63, 3.8) is 0 Å². The Labute approximate surface area is 163 Å². The number of nitrogens with two attached hydrogens (primary N) is 1. The third-order valence-corrected chi connectivity index (χ3v) is 5.37. The van der Waals surface area contributed by atoms with Crippen molar-refractivity contribution >= 4 is 18.3 Å². The van der Waals surface area contributed by atoms with E-state index in [1.807, 2.05) is 29.2 Å². The van der Waals surface area contributed by atoms with E-state index in [4.69, 9.17) is 5.73 Å². The molecule has 0 radical (unpaired) electrons. The predicted molar refractivity (Wildman–Crippen MR) is 110 cm³/mol. The van der Waals surface area contributed by atoms with Gasteiger partial charge in [0.05, 0.1) is 0 Å². The number of likely N-dealkylation sites (tertiary alicyclic amines) is 1. The molecule has 1 fully saturated rings. The lowest BCUT2D eigenvalue weighted by molar-refractivity contribution is 0.0532. The summed E-state index contributed by atoms with van der Waals surface area (Å²) in [6.07, 6.45) is 2.69. The molecule has 2 N–H and O–H groups in total. The maximum absolute atomic E-state index is 13.1. The number of rotatable bonds is 4. The molecule has 0 bridgehead atoms. The monoisotopic (exact) mass is 372 g/mol. The molecule has 1 unspecified atom stereocenters. The second-order valence-corrected chi connectivity index (χ2v) is 7.75. The maximum atomic E-state index is 13.1. The number of amides is 1. The molecule has 140 valence electrons. The van der Waals surface area contributed by atoms with Crippen LogP contribution in [0.4, 0.5) is 0 Å². The molecule has 26 heavy (non-hydrogen) atoms. The van der Waals surface area contributed by atoms with Gasteiger partial charge in [0.2, 0.25) is 0 Å². The highest BCUT2D eigenvalue weighted by atomic mass is 35.5. The minimum atomic E-state index is -0.0348. The van der Waals surface area contributed by atoms with E-state index in [2.05, 4.69) is 44.2 Å². The van der Waals surface area contributed by atoms with Crippen molar-refractivity contribution < 1.29 is 4.79 Å². The lowest BCUT2D eigenvalue weighted by Gasteiger charge is -2.42. The van der Waals surface area contributed by atoms with Gasteiger partial charge in [-0.2, -0.15) is 0 Å². The van der Waals surface area contributed by atoms with Crippen LogP contribution in [0.2, 0.25) is 0 Å². The molecule has 1 amide bonds. The van der Waals surface area contributed by atoms with E-state index in [0.717, 1.165) is 43.5 Å². The standard InChI is InChI=1S/C22H28N2O.ClH/c1-22(2)16-24(15-14-20(22)23)21(25)19-11-7-6-10-18(19)13-12-17-8-4-3-5-9-17;/h3-11,20H,12-16,23H2,1-2H3;1H. The second-order valence-electron chi connectivity index (χ2n) is 7.75. The molecule has 3 nitrogen and oxygen atoms in total. The molecule has 2 aromatic carbocycles. The molecule has 1 atom stereocenters. The normalized spacial score (nSPS) is 18.9. The zero-order chi connectivity index (χ0) is 17.9. The van der Waals surface area contributed by atoms with Gasteiger partial charge in [-0.1, -0.05) is 62.4 Å². The average Bonchev–Trinajstić information content (AvgIpc) is 2.63. The Morgan fingerprint density at radius 2 is 1.73 bits per heavy atom. The molecular formula is C22H29ClN2O. The van der Waals surface area contributed by atoms with Gasteiger partial charge >= 0.3 is 0 Å². The summed E-state index contributed by atoms with van der Waals surface area (Å²) < 4.78 is 0. The van der Waals surface area contributed by atoms with E-state index < -0.39 is 0 Å². The van der Waals surface area contributed by atoms with Crippen LogP contribution in [0.1, 0.15) is 41.8 Å². The van der Waals surface area contributed by atoms with Gasteiger partial charge < -0.3 is 10.6 Å². The fourth-order valence-electron chi connectivity index (χ4n) is 3.59. The van der Waals surface area contributed by atoms with Crippen LogP contribution in [-0.2, 0) is 12.8 Å². The molecule has 1 aliphatic heterocycles. The highest BCUT2D eigenvalue weighted by molar-refractivity contribution is 5.95. The average molecular weight is 373 g/mol. The molecule has 1 saturated heterocycles. The van der Waals surface area contributed by atoms with Crippen molar-refractivity contribution in [2.24, 2.45) is 11.1 Å². The number of nitrogens with zero attached hydrogens (tertiary/aromatic N) is 1.